The fourth-order valence-electron chi connectivity index (χ4n) is 1.61. The van der Waals surface area contributed by atoms with Crippen molar-refractivity contribution in [2.75, 3.05) is 6.61 Å². The van der Waals surface area contributed by atoms with Crippen LogP contribution in [0.5, 0.6) is 0 Å². The Labute approximate surface area is 103 Å². The van der Waals surface area contributed by atoms with E-state index >= 15 is 0 Å². The number of aromatic nitrogens is 2. The van der Waals surface area contributed by atoms with Crippen LogP contribution >= 0.6 is 0 Å². The molecule has 0 spiro atoms. The number of rotatable bonds is 4. The zero-order valence-corrected chi connectivity index (χ0v) is 9.92. The van der Waals surface area contributed by atoms with Gasteiger partial charge in [0.2, 0.25) is 5.43 Å². The third-order valence-corrected chi connectivity index (χ3v) is 2.39. The Hall–Kier alpha value is -2.21. The van der Waals surface area contributed by atoms with E-state index in [9.17, 15) is 9.59 Å². The number of amides is 1. The van der Waals surface area contributed by atoms with Gasteiger partial charge in [0.1, 0.15) is 6.54 Å². The quantitative estimate of drug-likeness (QED) is 0.797. The van der Waals surface area contributed by atoms with Crippen molar-refractivity contribution in [3.63, 3.8) is 0 Å². The molecule has 0 bridgehead atoms. The number of nitrogens with one attached hydrogen (secondary N) is 1. The van der Waals surface area contributed by atoms with Crippen LogP contribution < -0.4 is 10.9 Å². The van der Waals surface area contributed by atoms with Crippen molar-refractivity contribution < 1.29 is 9.63 Å². The van der Waals surface area contributed by atoms with Crippen LogP contribution in [0, 0.1) is 0 Å². The number of carbonyl (C=O) groups is 1. The Kier molecular flexibility index (Phi) is 3.69. The summed E-state index contributed by atoms with van der Waals surface area (Å²) in [6.45, 7) is 2.16. The highest BCUT2D eigenvalue weighted by atomic mass is 16.6. The second-order valence-electron chi connectivity index (χ2n) is 3.64. The molecule has 0 fully saturated rings. The molecular weight excluding hydrogens is 234 g/mol. The van der Waals surface area contributed by atoms with E-state index in [0.29, 0.717) is 17.5 Å². The molecule has 0 radical (unpaired) electrons. The minimum absolute atomic E-state index is 0.000787. The molecule has 2 rings (SSSR count). The van der Waals surface area contributed by atoms with Gasteiger partial charge < -0.3 is 0 Å². The molecule has 0 saturated carbocycles. The Morgan fingerprint density at radius 1 is 1.44 bits per heavy atom. The lowest BCUT2D eigenvalue weighted by Crippen LogP contribution is -2.29. The van der Waals surface area contributed by atoms with Crippen LogP contribution in [0.1, 0.15) is 6.92 Å². The third kappa shape index (κ3) is 2.54. The molecule has 1 aromatic carbocycles. The molecule has 18 heavy (non-hydrogen) atoms. The predicted octanol–water partition coefficient (Wildman–Crippen LogP) is 0.464. The first kappa shape index (κ1) is 12.3. The van der Waals surface area contributed by atoms with E-state index in [0.717, 1.165) is 0 Å². The predicted molar refractivity (Wildman–Crippen MR) is 65.8 cm³/mol. The van der Waals surface area contributed by atoms with Gasteiger partial charge in [0.15, 0.2) is 0 Å². The van der Waals surface area contributed by atoms with Gasteiger partial charge in [-0.3, -0.25) is 19.1 Å². The first-order valence-electron chi connectivity index (χ1n) is 5.58. The summed E-state index contributed by atoms with van der Waals surface area (Å²) in [4.78, 5) is 27.9. The highest BCUT2D eigenvalue weighted by Gasteiger charge is 2.07. The Morgan fingerprint density at radius 2 is 2.22 bits per heavy atom. The number of para-hydroxylation sites is 1. The number of hydrogen-bond acceptors (Lipinski definition) is 4. The summed E-state index contributed by atoms with van der Waals surface area (Å²) >= 11 is 0. The molecule has 1 aromatic heterocycles. The van der Waals surface area contributed by atoms with Crippen molar-refractivity contribution in [3.8, 4) is 0 Å². The minimum atomic E-state index is -0.321. The van der Waals surface area contributed by atoms with E-state index in [2.05, 4.69) is 10.6 Å². The standard InChI is InChI=1S/C12H13N3O3/c1-2-18-14-12(17)8-15-10-6-4-3-5-9(10)11(16)7-13-15/h3-7H,2,8H2,1H3,(H,14,17). The summed E-state index contributed by atoms with van der Waals surface area (Å²) < 4.78 is 1.46. The third-order valence-electron chi connectivity index (χ3n) is 2.39. The maximum atomic E-state index is 11.6. The summed E-state index contributed by atoms with van der Waals surface area (Å²) in [5.41, 5.74) is 2.74. The topological polar surface area (TPSA) is 73.2 Å². The molecule has 1 heterocycles. The molecule has 0 saturated heterocycles. The van der Waals surface area contributed by atoms with Crippen LogP contribution in [0.4, 0.5) is 0 Å². The van der Waals surface area contributed by atoms with Gasteiger partial charge in [-0.2, -0.15) is 5.10 Å². The average Bonchev–Trinajstić information content (AvgIpc) is 2.40. The Balaban J connectivity index is 2.32. The summed E-state index contributed by atoms with van der Waals surface area (Å²) in [6, 6.07) is 7.02. The van der Waals surface area contributed by atoms with E-state index < -0.39 is 0 Å². The van der Waals surface area contributed by atoms with Crippen LogP contribution in [0.2, 0.25) is 0 Å². The zero-order chi connectivity index (χ0) is 13.0. The molecule has 0 aliphatic carbocycles. The van der Waals surface area contributed by atoms with E-state index in [1.807, 2.05) is 0 Å². The molecule has 2 aromatic rings. The van der Waals surface area contributed by atoms with E-state index in [1.165, 1.54) is 10.9 Å². The van der Waals surface area contributed by atoms with Gasteiger partial charge in [-0.25, -0.2) is 5.48 Å². The molecule has 6 nitrogen and oxygen atoms in total. The van der Waals surface area contributed by atoms with Crippen molar-refractivity contribution in [2.45, 2.75) is 13.5 Å². The molecule has 0 aliphatic rings. The molecule has 0 unspecified atom stereocenters. The van der Waals surface area contributed by atoms with Gasteiger partial charge >= 0.3 is 0 Å². The van der Waals surface area contributed by atoms with E-state index in [1.54, 1.807) is 31.2 Å². The second-order valence-corrected chi connectivity index (χ2v) is 3.64. The highest BCUT2D eigenvalue weighted by Crippen LogP contribution is 2.07. The lowest BCUT2D eigenvalue weighted by Gasteiger charge is -2.08. The van der Waals surface area contributed by atoms with Crippen molar-refractivity contribution in [3.05, 3.63) is 40.7 Å². The zero-order valence-electron chi connectivity index (χ0n) is 9.92. The van der Waals surface area contributed by atoms with E-state index in [4.69, 9.17) is 4.84 Å². The number of benzene rings is 1. The first-order chi connectivity index (χ1) is 8.72. The molecule has 1 amide bonds. The monoisotopic (exact) mass is 247 g/mol. The van der Waals surface area contributed by atoms with Crippen LogP contribution in [0.3, 0.4) is 0 Å². The van der Waals surface area contributed by atoms with E-state index in [-0.39, 0.29) is 17.9 Å². The smallest absolute Gasteiger partial charge is 0.265 e. The Morgan fingerprint density at radius 3 is 3.00 bits per heavy atom. The van der Waals surface area contributed by atoms with Crippen LogP contribution in [-0.4, -0.2) is 22.3 Å². The molecule has 0 atom stereocenters. The lowest BCUT2D eigenvalue weighted by atomic mass is 10.2. The van der Waals surface area contributed by atoms with Gasteiger partial charge in [0, 0.05) is 5.39 Å². The molecule has 1 N–H and O–H groups in total. The molecule has 0 aliphatic heterocycles. The van der Waals surface area contributed by atoms with Crippen molar-refractivity contribution in [1.29, 1.82) is 0 Å². The largest absolute Gasteiger partial charge is 0.287 e. The normalized spacial score (nSPS) is 10.5. The first-order valence-corrected chi connectivity index (χ1v) is 5.58. The number of fused-ring (bicyclic) bond motifs is 1. The van der Waals surface area contributed by atoms with Crippen molar-refractivity contribution in [2.24, 2.45) is 0 Å². The fourth-order valence-corrected chi connectivity index (χ4v) is 1.61. The maximum absolute atomic E-state index is 11.6. The number of carbonyl (C=O) groups excluding carboxylic acids is 1. The van der Waals surface area contributed by atoms with Crippen molar-refractivity contribution >= 4 is 16.8 Å². The van der Waals surface area contributed by atoms with Gasteiger partial charge in [0.05, 0.1) is 18.3 Å². The van der Waals surface area contributed by atoms with Gasteiger partial charge in [0.25, 0.3) is 5.91 Å². The Bertz CT molecular complexity index is 621. The minimum Gasteiger partial charge on any atom is -0.287 e. The molecule has 94 valence electrons. The highest BCUT2D eigenvalue weighted by molar-refractivity contribution is 5.81. The molecular formula is C12H13N3O3. The fraction of sp³-hybridized carbons (Fsp3) is 0.250. The van der Waals surface area contributed by atoms with Gasteiger partial charge in [-0.15, -0.1) is 0 Å². The number of hydrogen-bond donors (Lipinski definition) is 1. The second kappa shape index (κ2) is 5.42. The van der Waals surface area contributed by atoms with Crippen LogP contribution in [0.15, 0.2) is 35.3 Å². The van der Waals surface area contributed by atoms with Crippen LogP contribution in [0.25, 0.3) is 10.9 Å². The lowest BCUT2D eigenvalue weighted by molar-refractivity contribution is -0.133. The summed E-state index contributed by atoms with van der Waals surface area (Å²) in [5, 5.41) is 4.48. The molecule has 6 heteroatoms. The summed E-state index contributed by atoms with van der Waals surface area (Å²) in [6.07, 6.45) is 1.20. The average molecular weight is 247 g/mol. The van der Waals surface area contributed by atoms with Crippen molar-refractivity contribution in [1.82, 2.24) is 15.3 Å². The summed E-state index contributed by atoms with van der Waals surface area (Å²) in [5.74, 6) is -0.321. The number of nitrogens with zero attached hydrogens (tertiary/aromatic N) is 2. The summed E-state index contributed by atoms with van der Waals surface area (Å²) in [7, 11) is 0. The maximum Gasteiger partial charge on any atom is 0.265 e. The van der Waals surface area contributed by atoms with Crippen LogP contribution in [-0.2, 0) is 16.2 Å². The SMILES string of the molecule is CCONC(=O)Cn1ncc(=O)c2ccccc21. The van der Waals surface area contributed by atoms with Gasteiger partial charge in [-0.1, -0.05) is 12.1 Å². The number of hydroxylamine groups is 1. The van der Waals surface area contributed by atoms with Gasteiger partial charge in [-0.05, 0) is 19.1 Å².